The van der Waals surface area contributed by atoms with Gasteiger partial charge in [-0.2, -0.15) is 0 Å². The summed E-state index contributed by atoms with van der Waals surface area (Å²) in [5.74, 6) is 0. The van der Waals surface area contributed by atoms with Gasteiger partial charge in [0.1, 0.15) is 0 Å². The topological polar surface area (TPSA) is 89.8 Å². The van der Waals surface area contributed by atoms with E-state index >= 15 is 0 Å². The number of para-hydroxylation sites is 1. The van der Waals surface area contributed by atoms with Crippen LogP contribution in [0.3, 0.4) is 0 Å². The van der Waals surface area contributed by atoms with E-state index < -0.39 is 11.2 Å². The molecule has 0 atom stereocenters. The standard InChI is InChI=1S/C17H14N.C9H7N3O2.Ir/c1-12-9-13(2)11-15(10-12)17-8-7-14-5-3-4-6-16(14)18-17;13-8-5-7(11-9(14)12-8)6-3-1-2-4-10-6;/h3-10H,1-2H3;1-5H,(H2,11,12,13,14);/q-1;;/p-1. The van der Waals surface area contributed by atoms with Gasteiger partial charge in [-0.3, -0.25) is 19.6 Å². The minimum absolute atomic E-state index is 0. The van der Waals surface area contributed by atoms with E-state index in [2.05, 4.69) is 60.2 Å². The Morgan fingerprint density at radius 3 is 2.39 bits per heavy atom. The zero-order chi connectivity index (χ0) is 22.5. The third-order valence-corrected chi connectivity index (χ3v) is 4.67. The molecule has 1 radical (unpaired) electrons. The number of aromatic amines is 1. The van der Waals surface area contributed by atoms with Gasteiger partial charge in [0.2, 0.25) is 0 Å². The van der Waals surface area contributed by atoms with Gasteiger partial charge in [-0.05, 0) is 41.0 Å². The summed E-state index contributed by atoms with van der Waals surface area (Å²) >= 11 is 0. The molecule has 5 aromatic rings. The van der Waals surface area contributed by atoms with Crippen molar-refractivity contribution in [2.45, 2.75) is 13.8 Å². The van der Waals surface area contributed by atoms with Crippen LogP contribution in [-0.4, -0.2) is 15.0 Å². The number of aromatic nitrogens is 4. The molecular formula is C26H20IrN4O2-2. The van der Waals surface area contributed by atoms with E-state index in [1.165, 1.54) is 17.0 Å². The van der Waals surface area contributed by atoms with Gasteiger partial charge < -0.3 is 9.97 Å². The van der Waals surface area contributed by atoms with Gasteiger partial charge in [0.25, 0.3) is 0 Å². The summed E-state index contributed by atoms with van der Waals surface area (Å²) in [5, 5.41) is 1.17. The third-order valence-electron chi connectivity index (χ3n) is 4.67. The summed E-state index contributed by atoms with van der Waals surface area (Å²) in [6, 6.07) is 26.4. The Balaban J connectivity index is 0.000000186. The SMILES string of the molecule is Cc1[c-]c(-c2ccc3ccccc3n2)cc(C)c1.O=c1cc(-c2ccccn2)[n-]c(=O)[nH]1.[Ir]. The Hall–Kier alpha value is -3.67. The van der Waals surface area contributed by atoms with Gasteiger partial charge in [0, 0.05) is 26.3 Å². The van der Waals surface area contributed by atoms with Gasteiger partial charge in [-0.1, -0.05) is 50.2 Å². The Morgan fingerprint density at radius 2 is 1.67 bits per heavy atom. The molecule has 167 valence electrons. The number of nitrogens with one attached hydrogen (secondary N) is 1. The summed E-state index contributed by atoms with van der Waals surface area (Å²) in [7, 11) is 0. The van der Waals surface area contributed by atoms with Crippen molar-refractivity contribution in [3.8, 4) is 22.6 Å². The van der Waals surface area contributed by atoms with Crippen molar-refractivity contribution in [1.82, 2.24) is 19.9 Å². The molecule has 0 aliphatic rings. The Morgan fingerprint density at radius 1 is 0.879 bits per heavy atom. The maximum Gasteiger partial charge on any atom is 0.171 e. The van der Waals surface area contributed by atoms with Crippen LogP contribution in [0.25, 0.3) is 33.5 Å². The van der Waals surface area contributed by atoms with Crippen LogP contribution in [0.2, 0.25) is 0 Å². The van der Waals surface area contributed by atoms with Crippen molar-refractivity contribution < 1.29 is 20.1 Å². The minimum atomic E-state index is -0.654. The molecule has 0 saturated heterocycles. The number of pyridine rings is 2. The van der Waals surface area contributed by atoms with Crippen molar-refractivity contribution in [1.29, 1.82) is 0 Å². The van der Waals surface area contributed by atoms with Crippen molar-refractivity contribution in [3.05, 3.63) is 117 Å². The fourth-order valence-electron chi connectivity index (χ4n) is 3.33. The van der Waals surface area contributed by atoms with Crippen molar-refractivity contribution in [2.75, 3.05) is 0 Å². The molecule has 0 spiro atoms. The van der Waals surface area contributed by atoms with Crippen LogP contribution in [-0.2, 0) is 20.1 Å². The van der Waals surface area contributed by atoms with Gasteiger partial charge in [-0.15, -0.1) is 34.9 Å². The summed E-state index contributed by atoms with van der Waals surface area (Å²) in [6.07, 6.45) is 1.57. The van der Waals surface area contributed by atoms with Crippen LogP contribution in [0.1, 0.15) is 11.1 Å². The molecule has 0 aliphatic carbocycles. The van der Waals surface area contributed by atoms with Crippen LogP contribution in [0.15, 0.2) is 88.6 Å². The first kappa shape index (κ1) is 24.0. The van der Waals surface area contributed by atoms with E-state index in [1.807, 2.05) is 23.2 Å². The molecule has 6 nitrogen and oxygen atoms in total. The van der Waals surface area contributed by atoms with E-state index in [9.17, 15) is 9.59 Å². The molecule has 2 aromatic carbocycles. The number of nitrogens with zero attached hydrogens (tertiary/aromatic N) is 3. The number of fused-ring (bicyclic) bond motifs is 1. The Bertz CT molecular complexity index is 1450. The molecule has 1 N–H and O–H groups in total. The minimum Gasteiger partial charge on any atom is -0.399 e. The number of benzene rings is 2. The van der Waals surface area contributed by atoms with Crippen molar-refractivity contribution in [3.63, 3.8) is 0 Å². The first-order valence-electron chi connectivity index (χ1n) is 10.0. The Labute approximate surface area is 204 Å². The van der Waals surface area contributed by atoms with Crippen LogP contribution in [0.5, 0.6) is 0 Å². The van der Waals surface area contributed by atoms with Crippen LogP contribution < -0.4 is 16.2 Å². The molecule has 0 saturated carbocycles. The zero-order valence-corrected chi connectivity index (χ0v) is 20.4. The normalized spacial score (nSPS) is 10.1. The third kappa shape index (κ3) is 6.19. The fourth-order valence-corrected chi connectivity index (χ4v) is 3.33. The van der Waals surface area contributed by atoms with Gasteiger partial charge in [0.15, 0.2) is 11.2 Å². The summed E-state index contributed by atoms with van der Waals surface area (Å²) in [4.78, 5) is 36.2. The second kappa shape index (κ2) is 10.8. The predicted octanol–water partition coefficient (Wildman–Crippen LogP) is 4.07. The van der Waals surface area contributed by atoms with E-state index in [-0.39, 0.29) is 20.1 Å². The molecule has 0 fully saturated rings. The van der Waals surface area contributed by atoms with Gasteiger partial charge >= 0.3 is 0 Å². The summed E-state index contributed by atoms with van der Waals surface area (Å²) < 4.78 is 0. The van der Waals surface area contributed by atoms with Gasteiger partial charge in [0.05, 0.1) is 11.2 Å². The average Bonchev–Trinajstić information content (AvgIpc) is 2.78. The van der Waals surface area contributed by atoms with Crippen LogP contribution in [0, 0.1) is 19.9 Å². The summed E-state index contributed by atoms with van der Waals surface area (Å²) in [6.45, 7) is 4.17. The van der Waals surface area contributed by atoms with Crippen molar-refractivity contribution in [2.24, 2.45) is 0 Å². The number of hydrogen-bond acceptors (Lipinski definition) is 4. The maximum absolute atomic E-state index is 11.0. The molecule has 0 aliphatic heterocycles. The van der Waals surface area contributed by atoms with E-state index in [0.717, 1.165) is 22.3 Å². The molecule has 5 rings (SSSR count). The van der Waals surface area contributed by atoms with Crippen LogP contribution in [0.4, 0.5) is 0 Å². The maximum atomic E-state index is 11.0. The molecule has 0 amide bonds. The molecule has 33 heavy (non-hydrogen) atoms. The second-order valence-electron chi connectivity index (χ2n) is 7.29. The summed E-state index contributed by atoms with van der Waals surface area (Å²) in [5.41, 5.74) is 5.16. The fraction of sp³-hybridized carbons (Fsp3) is 0.0769. The van der Waals surface area contributed by atoms with Crippen LogP contribution >= 0.6 is 0 Å². The molecule has 3 heterocycles. The smallest absolute Gasteiger partial charge is 0.171 e. The predicted molar refractivity (Wildman–Crippen MR) is 125 cm³/mol. The molecule has 7 heteroatoms. The quantitative estimate of drug-likeness (QED) is 0.304. The average molecular weight is 613 g/mol. The molecule has 3 aromatic heterocycles. The first-order valence-corrected chi connectivity index (χ1v) is 10.0. The van der Waals surface area contributed by atoms with Crippen molar-refractivity contribution >= 4 is 10.9 Å². The number of aryl methyl sites for hydroxylation is 2. The number of hydrogen-bond donors (Lipinski definition) is 1. The molecule has 0 unspecified atom stereocenters. The monoisotopic (exact) mass is 613 g/mol. The number of rotatable bonds is 2. The van der Waals surface area contributed by atoms with E-state index in [4.69, 9.17) is 4.98 Å². The van der Waals surface area contributed by atoms with E-state index in [0.29, 0.717) is 11.4 Å². The van der Waals surface area contributed by atoms with Gasteiger partial charge in [-0.25, -0.2) is 0 Å². The zero-order valence-electron chi connectivity index (χ0n) is 18.0. The first-order chi connectivity index (χ1) is 15.5. The Kier molecular flexibility index (Phi) is 7.82. The largest absolute Gasteiger partial charge is 0.399 e. The van der Waals surface area contributed by atoms with E-state index in [1.54, 1.807) is 24.4 Å². The molecule has 0 bridgehead atoms. The molecular weight excluding hydrogens is 593 g/mol. The second-order valence-corrected chi connectivity index (χ2v) is 7.29. The number of H-pyrrole nitrogens is 1.